The molecule has 0 aliphatic carbocycles. The maximum absolute atomic E-state index is 13.0. The van der Waals surface area contributed by atoms with Crippen LogP contribution in [0.5, 0.6) is 11.5 Å². The predicted octanol–water partition coefficient (Wildman–Crippen LogP) is 4.82. The Balaban J connectivity index is 1.85. The number of anilines is 1. The Bertz CT molecular complexity index is 1230. The van der Waals surface area contributed by atoms with Crippen LogP contribution in [0.25, 0.3) is 0 Å². The van der Waals surface area contributed by atoms with Crippen molar-refractivity contribution in [2.24, 2.45) is 0 Å². The largest absolute Gasteiger partial charge is 0.496 e. The molecule has 0 saturated carbocycles. The summed E-state index contributed by atoms with van der Waals surface area (Å²) < 4.78 is 38.1. The smallest absolute Gasteiger partial charge is 0.255 e. The molecule has 0 unspecified atom stereocenters. The molecule has 3 aromatic rings. The third kappa shape index (κ3) is 5.84. The van der Waals surface area contributed by atoms with E-state index in [1.165, 1.54) is 42.7 Å². The highest BCUT2D eigenvalue weighted by atomic mass is 35.5. The van der Waals surface area contributed by atoms with Crippen LogP contribution in [0.3, 0.4) is 0 Å². The minimum atomic E-state index is -3.77. The molecule has 0 radical (unpaired) electrons. The average molecular weight is 489 g/mol. The molecule has 7 nitrogen and oxygen atoms in total. The van der Waals surface area contributed by atoms with Gasteiger partial charge < -0.3 is 14.8 Å². The van der Waals surface area contributed by atoms with Gasteiger partial charge >= 0.3 is 0 Å². The number of nitrogens with one attached hydrogen (secondary N) is 1. The molecule has 0 heterocycles. The molecule has 0 aromatic heterocycles. The molecule has 9 heteroatoms. The van der Waals surface area contributed by atoms with Crippen LogP contribution in [-0.2, 0) is 16.6 Å². The lowest BCUT2D eigenvalue weighted by molar-refractivity contribution is 0.102. The van der Waals surface area contributed by atoms with Crippen molar-refractivity contribution in [3.63, 3.8) is 0 Å². The van der Waals surface area contributed by atoms with E-state index in [-0.39, 0.29) is 17.3 Å². The Morgan fingerprint density at radius 2 is 1.73 bits per heavy atom. The number of halogens is 1. The van der Waals surface area contributed by atoms with Gasteiger partial charge in [-0.1, -0.05) is 23.7 Å². The van der Waals surface area contributed by atoms with Gasteiger partial charge in [-0.25, -0.2) is 8.42 Å². The summed E-state index contributed by atoms with van der Waals surface area (Å²) >= 11 is 5.87. The number of rotatable bonds is 9. The fraction of sp³-hybridized carbons (Fsp3) is 0.208. The van der Waals surface area contributed by atoms with Crippen molar-refractivity contribution < 1.29 is 22.7 Å². The van der Waals surface area contributed by atoms with Gasteiger partial charge in [0.1, 0.15) is 11.5 Å². The quantitative estimate of drug-likeness (QED) is 0.466. The molecule has 0 saturated heterocycles. The summed E-state index contributed by atoms with van der Waals surface area (Å²) in [5.41, 5.74) is 1.45. The van der Waals surface area contributed by atoms with Crippen molar-refractivity contribution in [2.45, 2.75) is 18.4 Å². The SMILES string of the molecule is CCOc1ccccc1NC(=O)c1ccc(OC)c(CN(C)S(=O)(=O)c2ccc(Cl)cc2)c1. The Labute approximate surface area is 198 Å². The summed E-state index contributed by atoms with van der Waals surface area (Å²) in [5, 5.41) is 3.29. The number of para-hydroxylation sites is 2. The van der Waals surface area contributed by atoms with Gasteiger partial charge in [-0.05, 0) is 61.5 Å². The second kappa shape index (κ2) is 10.7. The zero-order valence-electron chi connectivity index (χ0n) is 18.5. The van der Waals surface area contributed by atoms with E-state index in [4.69, 9.17) is 21.1 Å². The fourth-order valence-electron chi connectivity index (χ4n) is 3.20. The normalized spacial score (nSPS) is 11.3. The second-order valence-electron chi connectivity index (χ2n) is 7.12. The van der Waals surface area contributed by atoms with E-state index in [0.29, 0.717) is 39.9 Å². The monoisotopic (exact) mass is 488 g/mol. The van der Waals surface area contributed by atoms with Gasteiger partial charge in [0.15, 0.2) is 0 Å². The van der Waals surface area contributed by atoms with E-state index in [9.17, 15) is 13.2 Å². The number of sulfonamides is 1. The van der Waals surface area contributed by atoms with Crippen LogP contribution >= 0.6 is 11.6 Å². The third-order valence-corrected chi connectivity index (χ3v) is 6.96. The maximum Gasteiger partial charge on any atom is 0.255 e. The Hall–Kier alpha value is -3.07. The number of carbonyl (C=O) groups is 1. The lowest BCUT2D eigenvalue weighted by atomic mass is 10.1. The van der Waals surface area contributed by atoms with Crippen LogP contribution in [0, 0.1) is 0 Å². The molecule has 0 fully saturated rings. The first-order chi connectivity index (χ1) is 15.8. The first-order valence-corrected chi connectivity index (χ1v) is 12.0. The zero-order valence-corrected chi connectivity index (χ0v) is 20.1. The summed E-state index contributed by atoms with van der Waals surface area (Å²) in [5.74, 6) is 0.685. The molecule has 3 aromatic carbocycles. The van der Waals surface area contributed by atoms with E-state index in [1.807, 2.05) is 13.0 Å². The Kier molecular flexibility index (Phi) is 7.97. The maximum atomic E-state index is 13.0. The van der Waals surface area contributed by atoms with Gasteiger partial charge in [0.2, 0.25) is 10.0 Å². The van der Waals surface area contributed by atoms with Crippen LogP contribution in [-0.4, -0.2) is 39.4 Å². The molecule has 0 bridgehead atoms. The van der Waals surface area contributed by atoms with E-state index < -0.39 is 10.0 Å². The number of benzene rings is 3. The highest BCUT2D eigenvalue weighted by Crippen LogP contribution is 2.27. The minimum absolute atomic E-state index is 0.00475. The van der Waals surface area contributed by atoms with Crippen LogP contribution < -0.4 is 14.8 Å². The van der Waals surface area contributed by atoms with Crippen molar-refractivity contribution in [1.29, 1.82) is 0 Å². The summed E-state index contributed by atoms with van der Waals surface area (Å²) in [6, 6.07) is 18.0. The third-order valence-electron chi connectivity index (χ3n) is 4.89. The molecule has 0 atom stereocenters. The van der Waals surface area contributed by atoms with Gasteiger partial charge in [0.25, 0.3) is 5.91 Å². The van der Waals surface area contributed by atoms with Gasteiger partial charge in [-0.15, -0.1) is 0 Å². The first kappa shape index (κ1) is 24.6. The highest BCUT2D eigenvalue weighted by Gasteiger charge is 2.23. The highest BCUT2D eigenvalue weighted by molar-refractivity contribution is 7.89. The molecule has 174 valence electrons. The molecular formula is C24H25ClN2O5S. The lowest BCUT2D eigenvalue weighted by Gasteiger charge is -2.19. The molecule has 0 aliphatic heterocycles. The molecule has 1 amide bonds. The summed E-state index contributed by atoms with van der Waals surface area (Å²) in [6.45, 7) is 2.34. The number of nitrogens with zero attached hydrogens (tertiary/aromatic N) is 1. The topological polar surface area (TPSA) is 84.9 Å². The number of methoxy groups -OCH3 is 1. The van der Waals surface area contributed by atoms with Crippen molar-refractivity contribution in [3.05, 3.63) is 82.9 Å². The van der Waals surface area contributed by atoms with Crippen molar-refractivity contribution in [1.82, 2.24) is 4.31 Å². The van der Waals surface area contributed by atoms with Crippen LogP contribution in [0.4, 0.5) is 5.69 Å². The lowest BCUT2D eigenvalue weighted by Crippen LogP contribution is -2.27. The van der Waals surface area contributed by atoms with Crippen LogP contribution in [0.15, 0.2) is 71.6 Å². The summed E-state index contributed by atoms with van der Waals surface area (Å²) in [4.78, 5) is 13.0. The van der Waals surface area contributed by atoms with Gasteiger partial charge in [-0.2, -0.15) is 4.31 Å². The molecule has 0 spiro atoms. The summed E-state index contributed by atoms with van der Waals surface area (Å²) in [7, 11) is -0.813. The van der Waals surface area contributed by atoms with E-state index in [0.717, 1.165) is 0 Å². The molecule has 1 N–H and O–H groups in total. The molecular weight excluding hydrogens is 464 g/mol. The molecule has 3 rings (SSSR count). The Morgan fingerprint density at radius 3 is 2.39 bits per heavy atom. The van der Waals surface area contributed by atoms with E-state index in [1.54, 1.807) is 36.4 Å². The average Bonchev–Trinajstić information content (AvgIpc) is 2.80. The van der Waals surface area contributed by atoms with Gasteiger partial charge in [0, 0.05) is 29.7 Å². The van der Waals surface area contributed by atoms with E-state index in [2.05, 4.69) is 5.32 Å². The standard InChI is InChI=1S/C24H25ClN2O5S/c1-4-32-23-8-6-5-7-21(23)26-24(28)17-9-14-22(31-3)18(15-17)16-27(2)33(29,30)20-12-10-19(25)11-13-20/h5-15H,4,16H2,1-3H3,(H,26,28). The van der Waals surface area contributed by atoms with Crippen molar-refractivity contribution in [3.8, 4) is 11.5 Å². The molecule has 33 heavy (non-hydrogen) atoms. The van der Waals surface area contributed by atoms with Crippen molar-refractivity contribution in [2.75, 3.05) is 26.1 Å². The Morgan fingerprint density at radius 1 is 1.03 bits per heavy atom. The van der Waals surface area contributed by atoms with Crippen LogP contribution in [0.2, 0.25) is 5.02 Å². The number of carbonyl (C=O) groups excluding carboxylic acids is 1. The van der Waals surface area contributed by atoms with Crippen LogP contribution in [0.1, 0.15) is 22.8 Å². The summed E-state index contributed by atoms with van der Waals surface area (Å²) in [6.07, 6.45) is 0. The van der Waals surface area contributed by atoms with Gasteiger partial charge in [0.05, 0.1) is 24.3 Å². The minimum Gasteiger partial charge on any atom is -0.496 e. The number of hydrogen-bond donors (Lipinski definition) is 1. The van der Waals surface area contributed by atoms with E-state index >= 15 is 0 Å². The van der Waals surface area contributed by atoms with Crippen molar-refractivity contribution >= 4 is 33.2 Å². The second-order valence-corrected chi connectivity index (χ2v) is 9.61. The number of hydrogen-bond acceptors (Lipinski definition) is 5. The number of amides is 1. The fourth-order valence-corrected chi connectivity index (χ4v) is 4.48. The first-order valence-electron chi connectivity index (χ1n) is 10.2. The zero-order chi connectivity index (χ0) is 24.0. The van der Waals surface area contributed by atoms with Gasteiger partial charge in [-0.3, -0.25) is 4.79 Å². The number of ether oxygens (including phenoxy) is 2. The molecule has 0 aliphatic rings. The predicted molar refractivity (Wildman–Crippen MR) is 129 cm³/mol.